The first-order valence-electron chi connectivity index (χ1n) is 12.8. The van der Waals surface area contributed by atoms with Crippen LogP contribution in [0.15, 0.2) is 0 Å². The maximum Gasteiger partial charge on any atom is 0.410 e. The van der Waals surface area contributed by atoms with Gasteiger partial charge >= 0.3 is 17.6 Å². The van der Waals surface area contributed by atoms with Gasteiger partial charge in [-0.05, 0) is 34.6 Å². The van der Waals surface area contributed by atoms with Gasteiger partial charge in [0, 0.05) is 37.3 Å². The van der Waals surface area contributed by atoms with Crippen LogP contribution >= 0.6 is 11.6 Å². The van der Waals surface area contributed by atoms with Crippen molar-refractivity contribution in [2.24, 2.45) is 0 Å². The molecular weight excluding hydrogens is 524 g/mol. The topological polar surface area (TPSA) is 138 Å². The summed E-state index contributed by atoms with van der Waals surface area (Å²) in [4.78, 5) is 59.5. The third-order valence-electron chi connectivity index (χ3n) is 6.01. The lowest BCUT2D eigenvalue weighted by Crippen LogP contribution is -2.60. The van der Waals surface area contributed by atoms with Crippen LogP contribution < -0.4 is 0 Å². The fourth-order valence-corrected chi connectivity index (χ4v) is 4.78. The SMILES string of the molecule is CC(C)(C)OC(=O)N1C2COCC1CC(=O)C2.CCOC(=O)Cl.CCOC(=O)N1C2COCC1CC(=O)C2. The maximum atomic E-state index is 12.1. The number of morpholine rings is 2. The van der Waals surface area contributed by atoms with Crippen molar-refractivity contribution in [3.05, 3.63) is 0 Å². The van der Waals surface area contributed by atoms with Gasteiger partial charge in [0.15, 0.2) is 0 Å². The van der Waals surface area contributed by atoms with Crippen LogP contribution in [0.25, 0.3) is 0 Å². The van der Waals surface area contributed by atoms with E-state index in [0.29, 0.717) is 65.3 Å². The number of halogens is 1. The van der Waals surface area contributed by atoms with Crippen molar-refractivity contribution in [1.82, 2.24) is 9.80 Å². The van der Waals surface area contributed by atoms with E-state index in [1.165, 1.54) is 0 Å². The normalized spacial score (nSPS) is 26.2. The van der Waals surface area contributed by atoms with E-state index in [1.807, 2.05) is 20.8 Å². The third-order valence-corrected chi connectivity index (χ3v) is 6.12. The Kier molecular flexibility index (Phi) is 12.2. The zero-order valence-electron chi connectivity index (χ0n) is 22.7. The van der Waals surface area contributed by atoms with Crippen LogP contribution in [0, 0.1) is 0 Å². The van der Waals surface area contributed by atoms with E-state index in [4.69, 9.17) is 30.5 Å². The average Bonchev–Trinajstić information content (AvgIpc) is 2.77. The molecule has 0 aromatic carbocycles. The summed E-state index contributed by atoms with van der Waals surface area (Å²) in [5.41, 5.74) is -1.24. The van der Waals surface area contributed by atoms with Crippen molar-refractivity contribution in [3.63, 3.8) is 0 Å². The minimum Gasteiger partial charge on any atom is -0.454 e. The molecule has 4 unspecified atom stereocenters. The van der Waals surface area contributed by atoms with Crippen LogP contribution in [-0.2, 0) is 33.3 Å². The van der Waals surface area contributed by atoms with Gasteiger partial charge in [-0.15, -0.1) is 0 Å². The summed E-state index contributed by atoms with van der Waals surface area (Å²) in [5, 5.41) is 0. The van der Waals surface area contributed by atoms with Crippen molar-refractivity contribution in [2.45, 2.75) is 90.1 Å². The summed E-state index contributed by atoms with van der Waals surface area (Å²) < 4.78 is 25.2. The molecular formula is C25H39ClN2O10. The smallest absolute Gasteiger partial charge is 0.410 e. The van der Waals surface area contributed by atoms with Crippen LogP contribution in [-0.4, -0.2) is 108 Å². The van der Waals surface area contributed by atoms with E-state index >= 15 is 0 Å². The van der Waals surface area contributed by atoms with E-state index in [9.17, 15) is 24.0 Å². The van der Waals surface area contributed by atoms with Crippen LogP contribution in [0.3, 0.4) is 0 Å². The molecule has 0 spiro atoms. The predicted octanol–water partition coefficient (Wildman–Crippen LogP) is 3.31. The highest BCUT2D eigenvalue weighted by Gasteiger charge is 2.43. The second-order valence-corrected chi connectivity index (χ2v) is 10.6. The Bertz CT molecular complexity index is 830. The number of carbonyl (C=O) groups is 5. The lowest BCUT2D eigenvalue weighted by Gasteiger charge is -2.44. The number of ketones is 2. The number of hydrogen-bond acceptors (Lipinski definition) is 10. The Labute approximate surface area is 228 Å². The van der Waals surface area contributed by atoms with Crippen LogP contribution in [0.1, 0.15) is 60.3 Å². The summed E-state index contributed by atoms with van der Waals surface area (Å²) in [6, 6.07) is -0.539. The number of piperidine rings is 2. The zero-order valence-corrected chi connectivity index (χ0v) is 23.5. The fraction of sp³-hybridized carbons (Fsp3) is 0.800. The molecule has 4 bridgehead atoms. The predicted molar refractivity (Wildman–Crippen MR) is 135 cm³/mol. The molecule has 0 radical (unpaired) electrons. The lowest BCUT2D eigenvalue weighted by molar-refractivity contribution is -0.134. The molecule has 4 aliphatic rings. The maximum absolute atomic E-state index is 12.1. The molecule has 13 heteroatoms. The number of Topliss-reactive ketones (excluding diaryl/α,β-unsaturated/α-hetero) is 2. The molecule has 2 amide bonds. The molecule has 4 aliphatic heterocycles. The quantitative estimate of drug-likeness (QED) is 0.364. The molecule has 4 atom stereocenters. The molecule has 0 aromatic heterocycles. The number of rotatable bonds is 2. The molecule has 12 nitrogen and oxygen atoms in total. The number of amides is 2. The van der Waals surface area contributed by atoms with Gasteiger partial charge in [0.2, 0.25) is 0 Å². The summed E-state index contributed by atoms with van der Waals surface area (Å²) in [5.74, 6) is 0.428. The molecule has 4 rings (SSSR count). The van der Waals surface area contributed by atoms with Crippen LogP contribution in [0.5, 0.6) is 0 Å². The monoisotopic (exact) mass is 562 g/mol. The molecule has 0 saturated carbocycles. The molecule has 4 heterocycles. The first-order valence-corrected chi connectivity index (χ1v) is 13.2. The number of nitrogens with zero attached hydrogens (tertiary/aromatic N) is 2. The Morgan fingerprint density at radius 3 is 1.42 bits per heavy atom. The van der Waals surface area contributed by atoms with Crippen molar-refractivity contribution in [3.8, 4) is 0 Å². The summed E-state index contributed by atoms with van der Waals surface area (Å²) in [6.45, 7) is 11.5. The van der Waals surface area contributed by atoms with Gasteiger partial charge < -0.3 is 23.7 Å². The van der Waals surface area contributed by atoms with Gasteiger partial charge in [-0.1, -0.05) is 0 Å². The molecule has 4 fully saturated rings. The van der Waals surface area contributed by atoms with Gasteiger partial charge in [0.05, 0.1) is 63.8 Å². The number of carbonyl (C=O) groups excluding carboxylic acids is 5. The van der Waals surface area contributed by atoms with Gasteiger partial charge in [-0.2, -0.15) is 0 Å². The Morgan fingerprint density at radius 2 is 1.13 bits per heavy atom. The molecule has 216 valence electrons. The van der Waals surface area contributed by atoms with Crippen molar-refractivity contribution < 1.29 is 47.7 Å². The molecule has 38 heavy (non-hydrogen) atoms. The van der Waals surface area contributed by atoms with Crippen LogP contribution in [0.2, 0.25) is 0 Å². The van der Waals surface area contributed by atoms with Gasteiger partial charge in [0.1, 0.15) is 17.2 Å². The van der Waals surface area contributed by atoms with Crippen molar-refractivity contribution >= 4 is 40.8 Å². The summed E-state index contributed by atoms with van der Waals surface area (Å²) in [6.07, 6.45) is 0.919. The third kappa shape index (κ3) is 9.70. The fourth-order valence-electron chi connectivity index (χ4n) is 4.67. The Balaban J connectivity index is 0.000000222. The van der Waals surface area contributed by atoms with Gasteiger partial charge in [-0.3, -0.25) is 19.4 Å². The highest BCUT2D eigenvalue weighted by Crippen LogP contribution is 2.28. The minimum atomic E-state index is -0.738. The highest BCUT2D eigenvalue weighted by atomic mass is 35.5. The second kappa shape index (κ2) is 14.6. The Hall–Kier alpha value is -2.44. The van der Waals surface area contributed by atoms with Crippen LogP contribution in [0.4, 0.5) is 14.4 Å². The van der Waals surface area contributed by atoms with Crippen molar-refractivity contribution in [1.29, 1.82) is 0 Å². The average molecular weight is 563 g/mol. The number of ether oxygens (including phenoxy) is 5. The standard InChI is InChI=1S/C12H19NO4.C10H15NO4.C3H5ClO2/c1-12(2,3)17-11(15)13-8-4-10(14)5-9(13)7-16-6-8;1-2-15-10(13)11-7-3-9(12)4-8(11)6-14-5-7;1-2-6-3(4)5/h8-9H,4-7H2,1-3H3;7-8H,2-6H2,1H3;2H2,1H3. The minimum absolute atomic E-state index is 0.121. The zero-order chi connectivity index (χ0) is 28.5. The molecule has 0 aliphatic carbocycles. The lowest BCUT2D eigenvalue weighted by atomic mass is 9.94. The van der Waals surface area contributed by atoms with Crippen molar-refractivity contribution in [2.75, 3.05) is 39.6 Å². The van der Waals surface area contributed by atoms with E-state index in [1.54, 1.807) is 23.6 Å². The van der Waals surface area contributed by atoms with E-state index in [-0.39, 0.29) is 47.9 Å². The van der Waals surface area contributed by atoms with Gasteiger partial charge in [0.25, 0.3) is 0 Å². The summed E-state index contributed by atoms with van der Waals surface area (Å²) in [7, 11) is 0. The van der Waals surface area contributed by atoms with E-state index in [0.717, 1.165) is 0 Å². The number of fused-ring (bicyclic) bond motifs is 4. The molecule has 0 aromatic rings. The highest BCUT2D eigenvalue weighted by molar-refractivity contribution is 6.61. The largest absolute Gasteiger partial charge is 0.454 e. The van der Waals surface area contributed by atoms with Gasteiger partial charge in [-0.25, -0.2) is 14.4 Å². The Morgan fingerprint density at radius 1 is 0.763 bits per heavy atom. The first kappa shape index (κ1) is 31.8. The molecule has 0 N–H and O–H groups in total. The number of hydrogen-bond donors (Lipinski definition) is 0. The second-order valence-electron chi connectivity index (χ2n) is 10.2. The molecule has 4 saturated heterocycles. The first-order chi connectivity index (χ1) is 17.9. The van der Waals surface area contributed by atoms with E-state index in [2.05, 4.69) is 4.74 Å². The van der Waals surface area contributed by atoms with E-state index < -0.39 is 11.0 Å². The summed E-state index contributed by atoms with van der Waals surface area (Å²) >= 11 is 4.72.